The number of rotatable bonds is 7. The number of nitrogens with one attached hydrogen (secondary N) is 2. The number of hydrazone groups is 1. The number of Topliss-reactive ketones (excluding diaryl/α,β-unsaturated/α-hetero) is 1. The van der Waals surface area contributed by atoms with E-state index in [9.17, 15) is 14.4 Å². The fourth-order valence-corrected chi connectivity index (χ4v) is 2.77. The molecule has 0 aliphatic rings. The van der Waals surface area contributed by atoms with Gasteiger partial charge in [0.25, 0.3) is 5.91 Å². The number of amides is 2. The largest absolute Gasteiger partial charge is 0.459 e. The molecule has 0 bridgehead atoms. The van der Waals surface area contributed by atoms with Gasteiger partial charge in [-0.1, -0.05) is 27.5 Å². The summed E-state index contributed by atoms with van der Waals surface area (Å²) in [5.41, 5.74) is 2.94. The van der Waals surface area contributed by atoms with E-state index >= 15 is 0 Å². The molecule has 0 aliphatic heterocycles. The minimum Gasteiger partial charge on any atom is -0.459 e. The average Bonchev–Trinajstić information content (AvgIpc) is 3.28. The lowest BCUT2D eigenvalue weighted by Crippen LogP contribution is -2.29. The Balaban J connectivity index is 1.79. The van der Waals surface area contributed by atoms with Crippen LogP contribution < -0.4 is 10.7 Å². The molecule has 2 N–H and O–H groups in total. The molecule has 2 amide bonds. The highest BCUT2D eigenvalue weighted by Crippen LogP contribution is 2.15. The number of carbonyl (C=O) groups is 3. The number of nitrogens with zero attached hydrogens (tertiary/aromatic N) is 1. The first-order valence-corrected chi connectivity index (χ1v) is 9.85. The zero-order valence-corrected chi connectivity index (χ0v) is 17.7. The minimum absolute atomic E-state index is 0.0236. The predicted octanol–water partition coefficient (Wildman–Crippen LogP) is 4.69. The van der Waals surface area contributed by atoms with Gasteiger partial charge in [-0.25, -0.2) is 5.43 Å². The number of benzene rings is 2. The minimum atomic E-state index is -0.645. The van der Waals surface area contributed by atoms with Crippen LogP contribution in [0.5, 0.6) is 0 Å². The second-order valence-corrected chi connectivity index (χ2v) is 7.40. The molecule has 3 aromatic rings. The first-order chi connectivity index (χ1) is 14.4. The van der Waals surface area contributed by atoms with Crippen molar-refractivity contribution in [3.05, 3.63) is 87.7 Å². The van der Waals surface area contributed by atoms with E-state index in [1.165, 1.54) is 12.3 Å². The van der Waals surface area contributed by atoms with Crippen LogP contribution >= 0.6 is 27.5 Å². The normalized spacial score (nSPS) is 11.1. The van der Waals surface area contributed by atoms with Crippen LogP contribution in [0.2, 0.25) is 5.02 Å². The summed E-state index contributed by atoms with van der Waals surface area (Å²) < 4.78 is 5.84. The molecule has 0 saturated carbocycles. The maximum absolute atomic E-state index is 12.7. The monoisotopic (exact) mass is 487 g/mol. The molecule has 0 unspecified atom stereocenters. The first kappa shape index (κ1) is 21.5. The Hall–Kier alpha value is -3.23. The Morgan fingerprint density at radius 1 is 1.00 bits per heavy atom. The van der Waals surface area contributed by atoms with Crippen molar-refractivity contribution in [2.24, 2.45) is 5.10 Å². The van der Waals surface area contributed by atoms with Gasteiger partial charge in [-0.05, 0) is 60.7 Å². The Morgan fingerprint density at radius 3 is 2.33 bits per heavy atom. The fourth-order valence-electron chi connectivity index (χ4n) is 2.38. The highest BCUT2D eigenvalue weighted by atomic mass is 79.9. The van der Waals surface area contributed by atoms with Crippen molar-refractivity contribution in [3.8, 4) is 0 Å². The second kappa shape index (κ2) is 10.00. The Kier molecular flexibility index (Phi) is 7.16. The van der Waals surface area contributed by atoms with Gasteiger partial charge >= 0.3 is 5.91 Å². The summed E-state index contributed by atoms with van der Waals surface area (Å²) in [5, 5.41) is 7.01. The second-order valence-electron chi connectivity index (χ2n) is 6.04. The van der Waals surface area contributed by atoms with Crippen LogP contribution in [-0.2, 0) is 4.79 Å². The number of carbonyl (C=O) groups excluding carboxylic acids is 3. The molecule has 1 heterocycles. The summed E-state index contributed by atoms with van der Waals surface area (Å²) in [7, 11) is 0. The maximum Gasteiger partial charge on any atom is 0.307 e. The van der Waals surface area contributed by atoms with E-state index in [2.05, 4.69) is 31.8 Å². The zero-order valence-electron chi connectivity index (χ0n) is 15.4. The van der Waals surface area contributed by atoms with E-state index < -0.39 is 11.8 Å². The van der Waals surface area contributed by atoms with Crippen LogP contribution in [0.15, 0.2) is 80.9 Å². The fraction of sp³-hybridized carbons (Fsp3) is 0.0476. The molecule has 30 heavy (non-hydrogen) atoms. The molecule has 3 rings (SSSR count). The lowest BCUT2D eigenvalue weighted by Gasteiger charge is -2.09. The van der Waals surface area contributed by atoms with Crippen molar-refractivity contribution in [3.63, 3.8) is 0 Å². The van der Waals surface area contributed by atoms with E-state index in [-0.39, 0.29) is 23.7 Å². The predicted molar refractivity (Wildman–Crippen MR) is 117 cm³/mol. The van der Waals surface area contributed by atoms with Gasteiger partial charge in [-0.3, -0.25) is 14.4 Å². The van der Waals surface area contributed by atoms with Crippen molar-refractivity contribution in [2.45, 2.75) is 6.42 Å². The molecule has 7 nitrogen and oxygen atoms in total. The molecule has 152 valence electrons. The van der Waals surface area contributed by atoms with Crippen LogP contribution in [0.4, 0.5) is 5.69 Å². The molecule has 0 radical (unpaired) electrons. The Labute approximate surface area is 185 Å². The lowest BCUT2D eigenvalue weighted by atomic mass is 10.1. The molecular weight excluding hydrogens is 474 g/mol. The van der Waals surface area contributed by atoms with E-state index in [0.29, 0.717) is 16.3 Å². The summed E-state index contributed by atoms with van der Waals surface area (Å²) >= 11 is 9.17. The molecule has 0 spiro atoms. The summed E-state index contributed by atoms with van der Waals surface area (Å²) in [6, 6.07) is 16.1. The van der Waals surface area contributed by atoms with Crippen molar-refractivity contribution in [1.29, 1.82) is 0 Å². The third-order valence-electron chi connectivity index (χ3n) is 3.90. The molecule has 0 fully saturated rings. The molecule has 0 saturated heterocycles. The quantitative estimate of drug-likeness (QED) is 0.286. The molecule has 1 aromatic heterocycles. The summed E-state index contributed by atoms with van der Waals surface area (Å²) in [6.45, 7) is 0. The third-order valence-corrected chi connectivity index (χ3v) is 4.68. The molecular formula is C21H15BrClN3O4. The highest BCUT2D eigenvalue weighted by Gasteiger charge is 2.19. The summed E-state index contributed by atoms with van der Waals surface area (Å²) in [5.74, 6) is -1.61. The number of furan rings is 1. The summed E-state index contributed by atoms with van der Waals surface area (Å²) in [4.78, 5) is 37.4. The van der Waals surface area contributed by atoms with Gasteiger partial charge < -0.3 is 9.73 Å². The molecule has 2 aromatic carbocycles. The number of anilines is 1. The van der Waals surface area contributed by atoms with Gasteiger partial charge in [-0.2, -0.15) is 5.10 Å². The van der Waals surface area contributed by atoms with Crippen molar-refractivity contribution >= 4 is 56.5 Å². The van der Waals surface area contributed by atoms with Crippen molar-refractivity contribution < 1.29 is 18.8 Å². The van der Waals surface area contributed by atoms with Gasteiger partial charge in [-0.15, -0.1) is 0 Å². The first-order valence-electron chi connectivity index (χ1n) is 8.68. The topological polar surface area (TPSA) is 101 Å². The zero-order chi connectivity index (χ0) is 21.5. The number of hydrogen-bond acceptors (Lipinski definition) is 5. The highest BCUT2D eigenvalue weighted by molar-refractivity contribution is 9.10. The van der Waals surface area contributed by atoms with Gasteiger partial charge in [0.2, 0.25) is 0 Å². The van der Waals surface area contributed by atoms with Gasteiger partial charge in [0.05, 0.1) is 12.7 Å². The van der Waals surface area contributed by atoms with Gasteiger partial charge in [0.1, 0.15) is 5.71 Å². The Bertz CT molecular complexity index is 1080. The number of hydrogen-bond donors (Lipinski definition) is 2. The van der Waals surface area contributed by atoms with E-state index in [1.807, 2.05) is 0 Å². The number of halogens is 2. The maximum atomic E-state index is 12.7. The van der Waals surface area contributed by atoms with Crippen molar-refractivity contribution in [2.75, 3.05) is 5.32 Å². The lowest BCUT2D eigenvalue weighted by molar-refractivity contribution is -0.110. The Morgan fingerprint density at radius 2 is 1.70 bits per heavy atom. The summed E-state index contributed by atoms with van der Waals surface area (Å²) in [6.07, 6.45) is 1.01. The molecule has 0 atom stereocenters. The average molecular weight is 489 g/mol. The molecule has 9 heteroatoms. The smallest absolute Gasteiger partial charge is 0.307 e. The van der Waals surface area contributed by atoms with Gasteiger partial charge in [0.15, 0.2) is 11.5 Å². The standard InChI is InChI=1S/C21H15BrClN3O4/c22-14-5-9-16(10-6-14)24-20(28)17(25-26-21(29)19-2-1-11-30-19)12-18(27)13-3-7-15(23)8-4-13/h1-11H,12H2,(H,24,28)(H,26,29). The molecule has 0 aliphatic carbocycles. The van der Waals surface area contributed by atoms with Crippen LogP contribution in [0, 0.1) is 0 Å². The van der Waals surface area contributed by atoms with Gasteiger partial charge in [0, 0.05) is 20.7 Å². The third kappa shape index (κ3) is 5.88. The van der Waals surface area contributed by atoms with Crippen LogP contribution in [-0.4, -0.2) is 23.3 Å². The van der Waals surface area contributed by atoms with Crippen LogP contribution in [0.3, 0.4) is 0 Å². The van der Waals surface area contributed by atoms with Crippen LogP contribution in [0.25, 0.3) is 0 Å². The van der Waals surface area contributed by atoms with E-state index in [1.54, 1.807) is 54.6 Å². The van der Waals surface area contributed by atoms with Crippen molar-refractivity contribution in [1.82, 2.24) is 5.43 Å². The number of ketones is 1. The van der Waals surface area contributed by atoms with Crippen LogP contribution in [0.1, 0.15) is 27.3 Å². The van der Waals surface area contributed by atoms with E-state index in [4.69, 9.17) is 16.0 Å². The van der Waals surface area contributed by atoms with E-state index in [0.717, 1.165) is 4.47 Å². The SMILES string of the molecule is O=C(Nc1ccc(Br)cc1)C(CC(=O)c1ccc(Cl)cc1)=NNC(=O)c1ccco1.